The number of carbonyl (C=O) groups excluding carboxylic acids is 2. The molecule has 3 N–H and O–H groups in total. The summed E-state index contributed by atoms with van der Waals surface area (Å²) in [6, 6.07) is 19.0. The van der Waals surface area contributed by atoms with Gasteiger partial charge in [0.2, 0.25) is 5.88 Å². The molecule has 1 heterocycles. The standard InChI is InChI=1S/C23H17BrN4O3/c1-13-4-2-3-5-17(13)22(30)25-16-9-6-14(7-10-16)21(29)28-27-20-18-12-15(24)8-11-19(18)26-23(20)31/h2-12,26,31H,1H3,(H,25,30). The number of aryl methyl sites for hydroxylation is 1. The first-order valence-corrected chi connectivity index (χ1v) is 10.1. The van der Waals surface area contributed by atoms with E-state index in [0.29, 0.717) is 27.7 Å². The molecule has 0 saturated heterocycles. The van der Waals surface area contributed by atoms with E-state index in [1.54, 1.807) is 48.5 Å². The lowest BCUT2D eigenvalue weighted by atomic mass is 10.1. The minimum Gasteiger partial charge on any atom is -0.493 e. The summed E-state index contributed by atoms with van der Waals surface area (Å²) in [4.78, 5) is 27.6. The van der Waals surface area contributed by atoms with Gasteiger partial charge in [0.05, 0.1) is 5.52 Å². The number of amides is 2. The van der Waals surface area contributed by atoms with Crippen molar-refractivity contribution in [2.24, 2.45) is 10.2 Å². The van der Waals surface area contributed by atoms with Gasteiger partial charge in [-0.25, -0.2) is 0 Å². The van der Waals surface area contributed by atoms with Crippen molar-refractivity contribution in [1.82, 2.24) is 4.98 Å². The number of H-pyrrole nitrogens is 1. The Balaban J connectivity index is 1.49. The van der Waals surface area contributed by atoms with Gasteiger partial charge in [0, 0.05) is 26.7 Å². The van der Waals surface area contributed by atoms with Crippen molar-refractivity contribution in [1.29, 1.82) is 0 Å². The van der Waals surface area contributed by atoms with Crippen molar-refractivity contribution in [2.75, 3.05) is 5.32 Å². The van der Waals surface area contributed by atoms with E-state index in [9.17, 15) is 14.7 Å². The molecular formula is C23H17BrN4O3. The van der Waals surface area contributed by atoms with Crippen LogP contribution in [0.3, 0.4) is 0 Å². The van der Waals surface area contributed by atoms with E-state index in [-0.39, 0.29) is 17.5 Å². The number of fused-ring (bicyclic) bond motifs is 1. The Bertz CT molecular complexity index is 1330. The first kappa shape index (κ1) is 20.5. The molecule has 154 valence electrons. The number of hydrogen-bond donors (Lipinski definition) is 3. The molecule has 0 atom stereocenters. The third-order valence-electron chi connectivity index (χ3n) is 4.73. The van der Waals surface area contributed by atoms with Gasteiger partial charge in [0.25, 0.3) is 11.8 Å². The zero-order valence-corrected chi connectivity index (χ0v) is 18.0. The number of carbonyl (C=O) groups is 2. The van der Waals surface area contributed by atoms with Crippen LogP contribution in [-0.2, 0) is 0 Å². The fraction of sp³-hybridized carbons (Fsp3) is 0.0435. The van der Waals surface area contributed by atoms with Gasteiger partial charge in [-0.15, -0.1) is 10.2 Å². The summed E-state index contributed by atoms with van der Waals surface area (Å²) in [5.41, 5.74) is 3.18. The largest absolute Gasteiger partial charge is 0.493 e. The molecule has 8 heteroatoms. The van der Waals surface area contributed by atoms with E-state index in [1.165, 1.54) is 0 Å². The van der Waals surface area contributed by atoms with Crippen LogP contribution in [0, 0.1) is 6.92 Å². The Morgan fingerprint density at radius 1 is 1.03 bits per heavy atom. The van der Waals surface area contributed by atoms with Gasteiger partial charge in [-0.05, 0) is 61.0 Å². The van der Waals surface area contributed by atoms with Crippen molar-refractivity contribution in [3.63, 3.8) is 0 Å². The van der Waals surface area contributed by atoms with Crippen LogP contribution in [0.2, 0.25) is 0 Å². The molecule has 0 aliphatic carbocycles. The van der Waals surface area contributed by atoms with Gasteiger partial charge in [-0.2, -0.15) is 0 Å². The Hall–Kier alpha value is -3.78. The molecule has 0 fully saturated rings. The van der Waals surface area contributed by atoms with Crippen LogP contribution < -0.4 is 5.32 Å². The second-order valence-electron chi connectivity index (χ2n) is 6.86. The second kappa shape index (κ2) is 8.53. The molecule has 0 saturated carbocycles. The highest BCUT2D eigenvalue weighted by Crippen LogP contribution is 2.36. The smallest absolute Gasteiger partial charge is 0.295 e. The first-order chi connectivity index (χ1) is 14.9. The zero-order valence-electron chi connectivity index (χ0n) is 16.4. The van der Waals surface area contributed by atoms with E-state index >= 15 is 0 Å². The highest BCUT2D eigenvalue weighted by molar-refractivity contribution is 9.10. The molecule has 7 nitrogen and oxygen atoms in total. The number of benzene rings is 3. The Morgan fingerprint density at radius 3 is 2.52 bits per heavy atom. The summed E-state index contributed by atoms with van der Waals surface area (Å²) in [5.74, 6) is -0.961. The van der Waals surface area contributed by atoms with Crippen LogP contribution in [0.1, 0.15) is 26.3 Å². The number of hydrogen-bond acceptors (Lipinski definition) is 4. The highest BCUT2D eigenvalue weighted by atomic mass is 79.9. The molecule has 0 unspecified atom stereocenters. The van der Waals surface area contributed by atoms with Crippen LogP contribution in [0.5, 0.6) is 5.88 Å². The Morgan fingerprint density at radius 2 is 1.77 bits per heavy atom. The van der Waals surface area contributed by atoms with Crippen LogP contribution in [0.15, 0.2) is 81.4 Å². The molecule has 4 aromatic rings. The van der Waals surface area contributed by atoms with Gasteiger partial charge in [0.1, 0.15) is 0 Å². The van der Waals surface area contributed by atoms with Crippen LogP contribution in [-0.4, -0.2) is 21.9 Å². The van der Waals surface area contributed by atoms with Crippen molar-refractivity contribution in [2.45, 2.75) is 6.92 Å². The lowest BCUT2D eigenvalue weighted by molar-refractivity contribution is 0.0993. The summed E-state index contributed by atoms with van der Waals surface area (Å²) in [7, 11) is 0. The molecular weight excluding hydrogens is 460 g/mol. The molecule has 3 aromatic carbocycles. The molecule has 0 bridgehead atoms. The third kappa shape index (κ3) is 4.39. The van der Waals surface area contributed by atoms with Gasteiger partial charge >= 0.3 is 0 Å². The number of aromatic amines is 1. The number of anilines is 1. The predicted octanol–water partition coefficient (Wildman–Crippen LogP) is 6.12. The predicted molar refractivity (Wildman–Crippen MR) is 122 cm³/mol. The van der Waals surface area contributed by atoms with Gasteiger partial charge < -0.3 is 15.4 Å². The van der Waals surface area contributed by atoms with Crippen molar-refractivity contribution in [3.05, 3.63) is 87.9 Å². The number of rotatable bonds is 4. The monoisotopic (exact) mass is 476 g/mol. The van der Waals surface area contributed by atoms with E-state index < -0.39 is 5.91 Å². The molecule has 31 heavy (non-hydrogen) atoms. The fourth-order valence-corrected chi connectivity index (χ4v) is 3.47. The SMILES string of the molecule is Cc1ccccc1C(=O)Nc1ccc(C(=O)N=Nc2c(O)[nH]c3ccc(Br)cc23)cc1. The maximum Gasteiger partial charge on any atom is 0.295 e. The molecule has 0 spiro atoms. The Labute approximate surface area is 186 Å². The van der Waals surface area contributed by atoms with Crippen molar-refractivity contribution in [3.8, 4) is 5.88 Å². The number of aromatic hydroxyl groups is 1. The lowest BCUT2D eigenvalue weighted by Gasteiger charge is -2.07. The maximum atomic E-state index is 12.4. The fourth-order valence-electron chi connectivity index (χ4n) is 3.11. The first-order valence-electron chi connectivity index (χ1n) is 9.35. The number of halogens is 1. The second-order valence-corrected chi connectivity index (χ2v) is 7.78. The number of nitrogens with one attached hydrogen (secondary N) is 2. The number of aromatic nitrogens is 1. The molecule has 1 aromatic heterocycles. The molecule has 0 aliphatic heterocycles. The summed E-state index contributed by atoms with van der Waals surface area (Å²) in [6.07, 6.45) is 0. The molecule has 0 aliphatic rings. The molecule has 4 rings (SSSR count). The zero-order chi connectivity index (χ0) is 22.0. The quantitative estimate of drug-likeness (QED) is 0.308. The van der Waals surface area contributed by atoms with E-state index in [2.05, 4.69) is 36.5 Å². The number of azo groups is 1. The van der Waals surface area contributed by atoms with Gasteiger partial charge in [0.15, 0.2) is 5.69 Å². The summed E-state index contributed by atoms with van der Waals surface area (Å²) in [5, 5.41) is 21.2. The summed E-state index contributed by atoms with van der Waals surface area (Å²) in [6.45, 7) is 1.87. The van der Waals surface area contributed by atoms with Crippen molar-refractivity contribution >= 4 is 50.0 Å². The van der Waals surface area contributed by atoms with Crippen LogP contribution >= 0.6 is 15.9 Å². The lowest BCUT2D eigenvalue weighted by Crippen LogP contribution is -2.13. The average molecular weight is 477 g/mol. The van der Waals surface area contributed by atoms with E-state index in [1.807, 2.05) is 25.1 Å². The minimum atomic E-state index is -0.569. The van der Waals surface area contributed by atoms with Crippen LogP contribution in [0.4, 0.5) is 11.4 Å². The summed E-state index contributed by atoms with van der Waals surface area (Å²) < 4.78 is 0.810. The van der Waals surface area contributed by atoms with Crippen LogP contribution in [0.25, 0.3) is 10.9 Å². The minimum absolute atomic E-state index is 0.168. The van der Waals surface area contributed by atoms with E-state index in [0.717, 1.165) is 10.0 Å². The van der Waals surface area contributed by atoms with Gasteiger partial charge in [-0.3, -0.25) is 9.59 Å². The third-order valence-corrected chi connectivity index (χ3v) is 5.23. The normalized spacial score (nSPS) is 11.2. The number of nitrogens with zero attached hydrogens (tertiary/aromatic N) is 2. The topological polar surface area (TPSA) is 107 Å². The van der Waals surface area contributed by atoms with Crippen molar-refractivity contribution < 1.29 is 14.7 Å². The maximum absolute atomic E-state index is 12.4. The molecule has 2 amide bonds. The highest BCUT2D eigenvalue weighted by Gasteiger charge is 2.13. The molecule has 0 radical (unpaired) electrons. The Kier molecular flexibility index (Phi) is 5.64. The van der Waals surface area contributed by atoms with E-state index in [4.69, 9.17) is 0 Å². The summed E-state index contributed by atoms with van der Waals surface area (Å²) >= 11 is 3.37. The average Bonchev–Trinajstić information content (AvgIpc) is 3.07. The van der Waals surface area contributed by atoms with Gasteiger partial charge in [-0.1, -0.05) is 34.1 Å².